The Morgan fingerprint density at radius 1 is 1.50 bits per heavy atom. The van der Waals surface area contributed by atoms with Crippen molar-refractivity contribution >= 4 is 16.9 Å². The fraction of sp³-hybridized carbons (Fsp3) is 0.917. The first-order valence-electron chi connectivity index (χ1n) is 5.79. The van der Waals surface area contributed by atoms with E-state index in [0.717, 1.165) is 30.5 Å². The highest BCUT2D eigenvalue weighted by Crippen LogP contribution is 2.25. The minimum Gasteiger partial charge on any atom is -0.385 e. The zero-order chi connectivity index (χ0) is 12.2. The predicted molar refractivity (Wildman–Crippen MR) is 72.2 cm³/mol. The fourth-order valence-corrected chi connectivity index (χ4v) is 2.51. The number of nitrogens with one attached hydrogen (secondary N) is 1. The van der Waals surface area contributed by atoms with Crippen LogP contribution < -0.4 is 5.32 Å². The van der Waals surface area contributed by atoms with Crippen molar-refractivity contribution in [1.82, 2.24) is 5.32 Å². The Balaban J connectivity index is 2.41. The van der Waals surface area contributed by atoms with E-state index in [9.17, 15) is 0 Å². The van der Waals surface area contributed by atoms with Gasteiger partial charge in [0.25, 0.3) is 0 Å². The van der Waals surface area contributed by atoms with Crippen LogP contribution in [0, 0.1) is 5.41 Å². The van der Waals surface area contributed by atoms with Crippen LogP contribution in [0.25, 0.3) is 0 Å². The summed E-state index contributed by atoms with van der Waals surface area (Å²) >= 11 is 1.82. The van der Waals surface area contributed by atoms with Crippen molar-refractivity contribution in [1.29, 1.82) is 0 Å². The van der Waals surface area contributed by atoms with Gasteiger partial charge in [-0.25, -0.2) is 0 Å². The second kappa shape index (κ2) is 5.41. The molecule has 16 heavy (non-hydrogen) atoms. The molecule has 4 heteroatoms. The van der Waals surface area contributed by atoms with E-state index in [1.165, 1.54) is 0 Å². The Hall–Kier alpha value is -0.220. The number of hydrogen-bond acceptors (Lipinski definition) is 3. The van der Waals surface area contributed by atoms with Crippen LogP contribution in [-0.2, 0) is 4.74 Å². The number of nitrogens with zero attached hydrogens (tertiary/aromatic N) is 1. The standard InChI is InChI=1S/C12H24N2OS/c1-11(2,6-7-15-5)8-13-10-14-12(3,4)9-16-10/h6-9H2,1-5H3,(H,13,14). The predicted octanol–water partition coefficient (Wildman–Crippen LogP) is 2.52. The molecule has 1 aliphatic rings. The van der Waals surface area contributed by atoms with Crippen LogP contribution in [0.4, 0.5) is 0 Å². The number of thioether (sulfide) groups is 1. The van der Waals surface area contributed by atoms with Crippen molar-refractivity contribution in [3.05, 3.63) is 0 Å². The molecule has 0 bridgehead atoms. The van der Waals surface area contributed by atoms with Crippen LogP contribution in [0.2, 0.25) is 0 Å². The van der Waals surface area contributed by atoms with Gasteiger partial charge in [-0.1, -0.05) is 25.6 Å². The average Bonchev–Trinajstić information content (AvgIpc) is 2.53. The van der Waals surface area contributed by atoms with Crippen LogP contribution in [-0.4, -0.2) is 36.7 Å². The van der Waals surface area contributed by atoms with Gasteiger partial charge < -0.3 is 10.1 Å². The van der Waals surface area contributed by atoms with Gasteiger partial charge in [0, 0.05) is 31.6 Å². The number of methoxy groups -OCH3 is 1. The smallest absolute Gasteiger partial charge is 0.157 e. The third-order valence-corrected chi connectivity index (χ3v) is 4.02. The van der Waals surface area contributed by atoms with Gasteiger partial charge in [0.1, 0.15) is 0 Å². The summed E-state index contributed by atoms with van der Waals surface area (Å²) in [5.74, 6) is 1.10. The number of amidine groups is 1. The molecule has 1 heterocycles. The summed E-state index contributed by atoms with van der Waals surface area (Å²) in [6.45, 7) is 10.6. The van der Waals surface area contributed by atoms with Crippen molar-refractivity contribution in [2.24, 2.45) is 10.4 Å². The summed E-state index contributed by atoms with van der Waals surface area (Å²) in [4.78, 5) is 4.66. The largest absolute Gasteiger partial charge is 0.385 e. The zero-order valence-corrected chi connectivity index (χ0v) is 11.9. The van der Waals surface area contributed by atoms with Gasteiger partial charge in [-0.2, -0.15) is 0 Å². The summed E-state index contributed by atoms with van der Waals surface area (Å²) in [6, 6.07) is 0. The second-order valence-corrected chi connectivity index (χ2v) is 6.79. The summed E-state index contributed by atoms with van der Waals surface area (Å²) in [5.41, 5.74) is 0.415. The Labute approximate surface area is 103 Å². The van der Waals surface area contributed by atoms with E-state index in [2.05, 4.69) is 38.0 Å². The number of ether oxygens (including phenoxy) is 1. The first-order valence-corrected chi connectivity index (χ1v) is 6.78. The molecule has 1 saturated heterocycles. The third-order valence-electron chi connectivity index (χ3n) is 2.65. The quantitative estimate of drug-likeness (QED) is 0.807. The van der Waals surface area contributed by atoms with Crippen LogP contribution in [0.15, 0.2) is 4.99 Å². The highest BCUT2D eigenvalue weighted by molar-refractivity contribution is 8.14. The van der Waals surface area contributed by atoms with E-state index >= 15 is 0 Å². The SMILES string of the molecule is COCCC(C)(C)CN=C1NC(C)(C)CS1. The van der Waals surface area contributed by atoms with Gasteiger partial charge in [0.2, 0.25) is 0 Å². The lowest BCUT2D eigenvalue weighted by Gasteiger charge is -2.22. The molecule has 94 valence electrons. The van der Waals surface area contributed by atoms with Crippen molar-refractivity contribution in [3.8, 4) is 0 Å². The molecule has 0 unspecified atom stereocenters. The Kier molecular flexibility index (Phi) is 4.68. The molecule has 0 aromatic rings. The van der Waals surface area contributed by atoms with E-state index in [1.54, 1.807) is 7.11 Å². The summed E-state index contributed by atoms with van der Waals surface area (Å²) in [7, 11) is 1.75. The summed E-state index contributed by atoms with van der Waals surface area (Å²) < 4.78 is 5.11. The normalized spacial score (nSPS) is 22.4. The molecule has 1 rings (SSSR count). The molecule has 1 aliphatic heterocycles. The molecule has 0 spiro atoms. The molecule has 1 fully saturated rings. The van der Waals surface area contributed by atoms with Gasteiger partial charge in [-0.05, 0) is 25.7 Å². The van der Waals surface area contributed by atoms with Gasteiger partial charge in [-0.15, -0.1) is 0 Å². The lowest BCUT2D eigenvalue weighted by molar-refractivity contribution is 0.155. The molecule has 0 aliphatic carbocycles. The molecule has 3 nitrogen and oxygen atoms in total. The average molecular weight is 244 g/mol. The molecule has 0 aromatic heterocycles. The van der Waals surface area contributed by atoms with E-state index in [1.807, 2.05) is 11.8 Å². The summed E-state index contributed by atoms with van der Waals surface area (Å²) in [5, 5.41) is 4.53. The van der Waals surface area contributed by atoms with Crippen molar-refractivity contribution < 1.29 is 4.74 Å². The van der Waals surface area contributed by atoms with E-state index in [4.69, 9.17) is 4.74 Å². The van der Waals surface area contributed by atoms with Gasteiger partial charge in [0.05, 0.1) is 0 Å². The maximum absolute atomic E-state index is 5.11. The third kappa shape index (κ3) is 4.74. The highest BCUT2D eigenvalue weighted by atomic mass is 32.2. The first-order chi connectivity index (χ1) is 7.35. The minimum atomic E-state index is 0.195. The Bertz CT molecular complexity index is 262. The second-order valence-electron chi connectivity index (χ2n) is 5.83. The van der Waals surface area contributed by atoms with Crippen LogP contribution in [0.3, 0.4) is 0 Å². The highest BCUT2D eigenvalue weighted by Gasteiger charge is 2.27. The van der Waals surface area contributed by atoms with Crippen molar-refractivity contribution in [2.75, 3.05) is 26.0 Å². The minimum absolute atomic E-state index is 0.195. The van der Waals surface area contributed by atoms with Crippen LogP contribution in [0.1, 0.15) is 34.1 Å². The van der Waals surface area contributed by atoms with Crippen LogP contribution >= 0.6 is 11.8 Å². The number of rotatable bonds is 5. The maximum Gasteiger partial charge on any atom is 0.157 e. The number of hydrogen-bond donors (Lipinski definition) is 1. The van der Waals surface area contributed by atoms with Gasteiger partial charge >= 0.3 is 0 Å². The zero-order valence-electron chi connectivity index (χ0n) is 11.1. The maximum atomic E-state index is 5.11. The number of aliphatic imine (C=N–C) groups is 1. The molecular formula is C12H24N2OS. The molecule has 0 atom stereocenters. The molecule has 0 aromatic carbocycles. The molecular weight excluding hydrogens is 220 g/mol. The Morgan fingerprint density at radius 3 is 2.69 bits per heavy atom. The van der Waals surface area contributed by atoms with Crippen molar-refractivity contribution in [3.63, 3.8) is 0 Å². The van der Waals surface area contributed by atoms with E-state index < -0.39 is 0 Å². The first kappa shape index (κ1) is 13.8. The monoisotopic (exact) mass is 244 g/mol. The molecule has 0 radical (unpaired) electrons. The van der Waals surface area contributed by atoms with Gasteiger partial charge in [0.15, 0.2) is 5.17 Å². The molecule has 1 N–H and O–H groups in total. The van der Waals surface area contributed by atoms with Crippen molar-refractivity contribution in [2.45, 2.75) is 39.7 Å². The van der Waals surface area contributed by atoms with Gasteiger partial charge in [-0.3, -0.25) is 4.99 Å². The fourth-order valence-electron chi connectivity index (χ4n) is 1.44. The Morgan fingerprint density at radius 2 is 2.19 bits per heavy atom. The lowest BCUT2D eigenvalue weighted by Crippen LogP contribution is -2.37. The van der Waals surface area contributed by atoms with Crippen LogP contribution in [0.5, 0.6) is 0 Å². The van der Waals surface area contributed by atoms with E-state index in [-0.39, 0.29) is 11.0 Å². The molecule has 0 saturated carbocycles. The summed E-state index contributed by atoms with van der Waals surface area (Å²) in [6.07, 6.45) is 1.05. The topological polar surface area (TPSA) is 33.6 Å². The van der Waals surface area contributed by atoms with E-state index in [0.29, 0.717) is 0 Å². The lowest BCUT2D eigenvalue weighted by atomic mass is 9.90. The molecule has 0 amide bonds.